The van der Waals surface area contributed by atoms with E-state index in [1.807, 2.05) is 37.3 Å². The molecule has 4 nitrogen and oxygen atoms in total. The van der Waals surface area contributed by atoms with E-state index in [4.69, 9.17) is 0 Å². The van der Waals surface area contributed by atoms with E-state index >= 15 is 0 Å². The Kier molecular flexibility index (Phi) is 5.57. The van der Waals surface area contributed by atoms with Crippen molar-refractivity contribution in [2.24, 2.45) is 5.92 Å². The predicted octanol–water partition coefficient (Wildman–Crippen LogP) is 3.17. The van der Waals surface area contributed by atoms with Crippen LogP contribution >= 0.6 is 0 Å². The number of hydrogen-bond donors (Lipinski definition) is 1. The molecule has 134 valence electrons. The molecule has 3 rings (SSSR count). The van der Waals surface area contributed by atoms with E-state index in [0.29, 0.717) is 24.4 Å². The smallest absolute Gasteiger partial charge is 0.243 e. The Balaban J connectivity index is 1.86. The van der Waals surface area contributed by atoms with Gasteiger partial charge in [0.15, 0.2) is 0 Å². The van der Waals surface area contributed by atoms with Crippen LogP contribution in [0.2, 0.25) is 0 Å². The van der Waals surface area contributed by atoms with Crippen molar-refractivity contribution in [2.75, 3.05) is 19.7 Å². The Bertz CT molecular complexity index is 787. The fraction of sp³-hybridized carbons (Fsp3) is 0.400. The zero-order valence-corrected chi connectivity index (χ0v) is 15.3. The Labute approximate surface area is 150 Å². The molecule has 1 aliphatic rings. The lowest BCUT2D eigenvalue weighted by atomic mass is 9.86. The van der Waals surface area contributed by atoms with Crippen molar-refractivity contribution in [3.05, 3.63) is 65.7 Å². The van der Waals surface area contributed by atoms with Crippen LogP contribution in [0.3, 0.4) is 0 Å². The Morgan fingerprint density at radius 1 is 1.04 bits per heavy atom. The molecule has 2 aromatic rings. The average Bonchev–Trinajstić information content (AvgIpc) is 3.06. The second-order valence-electron chi connectivity index (χ2n) is 6.78. The Morgan fingerprint density at radius 2 is 1.72 bits per heavy atom. The molecule has 0 radical (unpaired) electrons. The summed E-state index contributed by atoms with van der Waals surface area (Å²) in [6.45, 7) is 3.09. The first-order chi connectivity index (χ1) is 12.0. The molecule has 1 fully saturated rings. The fourth-order valence-corrected chi connectivity index (χ4v) is 5.13. The highest BCUT2D eigenvalue weighted by molar-refractivity contribution is 7.89. The molecule has 0 aromatic heterocycles. The van der Waals surface area contributed by atoms with Crippen LogP contribution in [0.4, 0.5) is 0 Å². The highest BCUT2D eigenvalue weighted by Gasteiger charge is 2.39. The molecule has 0 unspecified atom stereocenters. The van der Waals surface area contributed by atoms with Gasteiger partial charge in [0.2, 0.25) is 10.0 Å². The summed E-state index contributed by atoms with van der Waals surface area (Å²) in [5.74, 6) is 0.405. The minimum atomic E-state index is -3.48. The van der Waals surface area contributed by atoms with Gasteiger partial charge in [-0.1, -0.05) is 48.0 Å². The molecule has 2 aromatic carbocycles. The maximum atomic E-state index is 13.0. The van der Waals surface area contributed by atoms with Gasteiger partial charge in [0.1, 0.15) is 0 Å². The number of nitrogens with zero attached hydrogens (tertiary/aromatic N) is 1. The lowest BCUT2D eigenvalue weighted by Gasteiger charge is -2.18. The van der Waals surface area contributed by atoms with E-state index in [1.54, 1.807) is 16.4 Å². The number of aliphatic hydroxyl groups excluding tert-OH is 1. The van der Waals surface area contributed by atoms with Crippen LogP contribution in [0.15, 0.2) is 59.5 Å². The van der Waals surface area contributed by atoms with Crippen LogP contribution in [-0.4, -0.2) is 37.5 Å². The van der Waals surface area contributed by atoms with E-state index in [1.165, 1.54) is 5.56 Å². The zero-order valence-electron chi connectivity index (χ0n) is 14.5. The third kappa shape index (κ3) is 3.94. The van der Waals surface area contributed by atoms with Gasteiger partial charge in [0.05, 0.1) is 4.90 Å². The maximum absolute atomic E-state index is 13.0. The van der Waals surface area contributed by atoms with Crippen molar-refractivity contribution in [1.29, 1.82) is 0 Å². The largest absolute Gasteiger partial charge is 0.396 e. The van der Waals surface area contributed by atoms with Crippen molar-refractivity contribution < 1.29 is 13.5 Å². The summed E-state index contributed by atoms with van der Waals surface area (Å²) >= 11 is 0. The predicted molar refractivity (Wildman–Crippen MR) is 98.9 cm³/mol. The molecule has 0 spiro atoms. The summed E-state index contributed by atoms with van der Waals surface area (Å²) in [4.78, 5) is 0.354. The van der Waals surface area contributed by atoms with E-state index in [0.717, 1.165) is 12.0 Å². The number of aryl methyl sites for hydroxylation is 1. The minimum Gasteiger partial charge on any atom is -0.396 e. The molecule has 2 atom stereocenters. The molecule has 1 heterocycles. The number of hydrogen-bond acceptors (Lipinski definition) is 3. The van der Waals surface area contributed by atoms with Crippen molar-refractivity contribution in [1.82, 2.24) is 4.31 Å². The molecule has 1 aliphatic heterocycles. The first kappa shape index (κ1) is 18.1. The summed E-state index contributed by atoms with van der Waals surface area (Å²) in [5.41, 5.74) is 2.22. The Hall–Kier alpha value is -1.69. The lowest BCUT2D eigenvalue weighted by Crippen LogP contribution is -2.29. The molecule has 1 N–H and O–H groups in total. The van der Waals surface area contributed by atoms with Crippen LogP contribution < -0.4 is 0 Å². The molecule has 0 amide bonds. The normalized spacial score (nSPS) is 21.5. The van der Waals surface area contributed by atoms with Gasteiger partial charge in [-0.3, -0.25) is 0 Å². The molecule has 25 heavy (non-hydrogen) atoms. The van der Waals surface area contributed by atoms with Gasteiger partial charge < -0.3 is 5.11 Å². The van der Waals surface area contributed by atoms with Crippen molar-refractivity contribution in [2.45, 2.75) is 30.6 Å². The second-order valence-corrected chi connectivity index (χ2v) is 8.72. The van der Waals surface area contributed by atoms with Crippen LogP contribution in [0.1, 0.15) is 29.9 Å². The fourth-order valence-electron chi connectivity index (χ4n) is 3.61. The molecule has 0 bridgehead atoms. The number of aliphatic hydroxyl groups is 1. The zero-order chi connectivity index (χ0) is 17.9. The standard InChI is InChI=1S/C20H25NO3S/c1-16-9-11-19(12-10-16)25(23,24)21-14-18(8-5-13-22)20(15-21)17-6-3-2-4-7-17/h2-4,6-7,9-12,18,20,22H,5,8,13-15H2,1H3/t18-,20-/m1/s1. The van der Waals surface area contributed by atoms with Gasteiger partial charge >= 0.3 is 0 Å². The molecular weight excluding hydrogens is 334 g/mol. The van der Waals surface area contributed by atoms with Gasteiger partial charge in [0.25, 0.3) is 0 Å². The van der Waals surface area contributed by atoms with Gasteiger partial charge in [-0.15, -0.1) is 0 Å². The molecule has 5 heteroatoms. The first-order valence-corrected chi connectivity index (χ1v) is 10.2. The van der Waals surface area contributed by atoms with Crippen molar-refractivity contribution >= 4 is 10.0 Å². The van der Waals surface area contributed by atoms with Gasteiger partial charge in [-0.2, -0.15) is 4.31 Å². The maximum Gasteiger partial charge on any atom is 0.243 e. The second kappa shape index (κ2) is 7.68. The summed E-state index contributed by atoms with van der Waals surface area (Å²) in [7, 11) is -3.48. The molecule has 1 saturated heterocycles. The summed E-state index contributed by atoms with van der Waals surface area (Å²) in [6.07, 6.45) is 1.53. The SMILES string of the molecule is Cc1ccc(S(=O)(=O)N2C[C@@H](CCCO)[C@@H](c3ccccc3)C2)cc1. The minimum absolute atomic E-state index is 0.142. The average molecular weight is 359 g/mol. The number of rotatable bonds is 6. The van der Waals surface area contributed by atoms with Gasteiger partial charge in [-0.25, -0.2) is 8.42 Å². The van der Waals surface area contributed by atoms with Crippen LogP contribution in [0.5, 0.6) is 0 Å². The number of benzene rings is 2. The van der Waals surface area contributed by atoms with E-state index in [9.17, 15) is 13.5 Å². The highest BCUT2D eigenvalue weighted by Crippen LogP contribution is 2.38. The summed E-state index contributed by atoms with van der Waals surface area (Å²) in [6, 6.07) is 17.1. The van der Waals surface area contributed by atoms with Crippen molar-refractivity contribution in [3.63, 3.8) is 0 Å². The molecule has 0 aliphatic carbocycles. The highest BCUT2D eigenvalue weighted by atomic mass is 32.2. The van der Waals surface area contributed by atoms with Crippen LogP contribution in [0, 0.1) is 12.8 Å². The summed E-state index contributed by atoms with van der Waals surface area (Å²) in [5, 5.41) is 9.18. The van der Waals surface area contributed by atoms with Gasteiger partial charge in [0, 0.05) is 25.6 Å². The monoisotopic (exact) mass is 359 g/mol. The quantitative estimate of drug-likeness (QED) is 0.862. The van der Waals surface area contributed by atoms with Crippen LogP contribution in [-0.2, 0) is 10.0 Å². The van der Waals surface area contributed by atoms with Crippen LogP contribution in [0.25, 0.3) is 0 Å². The molecule has 0 saturated carbocycles. The topological polar surface area (TPSA) is 57.6 Å². The number of sulfonamides is 1. The van der Waals surface area contributed by atoms with E-state index in [2.05, 4.69) is 12.1 Å². The van der Waals surface area contributed by atoms with Gasteiger partial charge in [-0.05, 0) is 43.4 Å². The lowest BCUT2D eigenvalue weighted by molar-refractivity contribution is 0.269. The Morgan fingerprint density at radius 3 is 2.36 bits per heavy atom. The third-order valence-corrected chi connectivity index (χ3v) is 6.87. The third-order valence-electron chi connectivity index (χ3n) is 5.03. The summed E-state index contributed by atoms with van der Waals surface area (Å²) < 4.78 is 27.6. The molecular formula is C20H25NO3S. The van der Waals surface area contributed by atoms with Crippen molar-refractivity contribution in [3.8, 4) is 0 Å². The first-order valence-electron chi connectivity index (χ1n) is 8.75. The van der Waals surface area contributed by atoms with E-state index in [-0.39, 0.29) is 18.4 Å². The van der Waals surface area contributed by atoms with E-state index < -0.39 is 10.0 Å².